The Morgan fingerprint density at radius 1 is 0.344 bits per heavy atom. The summed E-state index contributed by atoms with van der Waals surface area (Å²) in [6, 6.07) is 0. The third kappa shape index (κ3) is 52.2. The molecule has 0 aliphatic heterocycles. The first-order valence-electron chi connectivity index (χ1n) is 27.8. The normalized spacial score (nSPS) is 12.6. The van der Waals surface area contributed by atoms with Gasteiger partial charge in [-0.25, -0.2) is 0 Å². The largest absolute Gasteiger partial charge is 0.462 e. The smallest absolute Gasteiger partial charge is 0.306 e. The molecule has 0 fully saturated rings. The molecule has 0 amide bonds. The van der Waals surface area contributed by atoms with Crippen LogP contribution in [0.3, 0.4) is 0 Å². The lowest BCUT2D eigenvalue weighted by Gasteiger charge is -2.18. The van der Waals surface area contributed by atoms with Gasteiger partial charge < -0.3 is 14.2 Å². The van der Waals surface area contributed by atoms with Gasteiger partial charge >= 0.3 is 11.9 Å². The summed E-state index contributed by atoms with van der Waals surface area (Å²) in [5.41, 5.74) is 0. The Balaban J connectivity index is 4.26. The van der Waals surface area contributed by atoms with Crippen molar-refractivity contribution in [1.82, 2.24) is 0 Å². The van der Waals surface area contributed by atoms with Crippen LogP contribution in [0.15, 0.2) is 60.8 Å². The van der Waals surface area contributed by atoms with Crippen LogP contribution in [0, 0.1) is 0 Å². The summed E-state index contributed by atoms with van der Waals surface area (Å²) in [5.74, 6) is -0.414. The molecule has 0 spiro atoms. The zero-order chi connectivity index (χ0) is 46.3. The van der Waals surface area contributed by atoms with Crippen LogP contribution in [0.4, 0.5) is 0 Å². The molecule has 5 nitrogen and oxygen atoms in total. The Morgan fingerprint density at radius 3 is 1.14 bits per heavy atom. The summed E-state index contributed by atoms with van der Waals surface area (Å²) in [4.78, 5) is 25.5. The molecule has 1 atom stereocenters. The summed E-state index contributed by atoms with van der Waals surface area (Å²) < 4.78 is 17.4. The fraction of sp³-hybridized carbons (Fsp3) is 0.797. The van der Waals surface area contributed by atoms with Gasteiger partial charge in [0.25, 0.3) is 0 Å². The fourth-order valence-electron chi connectivity index (χ4n) is 7.81. The van der Waals surface area contributed by atoms with Crippen molar-refractivity contribution >= 4 is 11.9 Å². The van der Waals surface area contributed by atoms with E-state index in [1.165, 1.54) is 180 Å². The van der Waals surface area contributed by atoms with Crippen LogP contribution in [0.1, 0.15) is 278 Å². The third-order valence-electron chi connectivity index (χ3n) is 12.0. The average molecular weight is 895 g/mol. The van der Waals surface area contributed by atoms with Gasteiger partial charge in [0, 0.05) is 19.4 Å². The second-order valence-electron chi connectivity index (χ2n) is 18.5. The second kappa shape index (κ2) is 54.9. The van der Waals surface area contributed by atoms with E-state index in [0.29, 0.717) is 19.4 Å². The number of hydrogen-bond donors (Lipinski definition) is 0. The maximum Gasteiger partial charge on any atom is 0.306 e. The van der Waals surface area contributed by atoms with E-state index in [2.05, 4.69) is 81.5 Å². The van der Waals surface area contributed by atoms with E-state index < -0.39 is 6.10 Å². The van der Waals surface area contributed by atoms with Crippen LogP contribution in [-0.4, -0.2) is 37.9 Å². The van der Waals surface area contributed by atoms with Crippen molar-refractivity contribution in [2.75, 3.05) is 19.8 Å². The van der Waals surface area contributed by atoms with Gasteiger partial charge in [0.05, 0.1) is 6.61 Å². The number of carbonyl (C=O) groups is 2. The molecule has 0 aliphatic carbocycles. The van der Waals surface area contributed by atoms with E-state index >= 15 is 0 Å². The number of unbranched alkanes of at least 4 members (excludes halogenated alkanes) is 30. The number of esters is 2. The lowest BCUT2D eigenvalue weighted by atomic mass is 10.1. The van der Waals surface area contributed by atoms with Gasteiger partial charge in [-0.1, -0.05) is 223 Å². The van der Waals surface area contributed by atoms with Crippen LogP contribution < -0.4 is 0 Å². The van der Waals surface area contributed by atoms with E-state index in [9.17, 15) is 9.59 Å². The lowest BCUT2D eigenvalue weighted by molar-refractivity contribution is -0.163. The lowest BCUT2D eigenvalue weighted by Crippen LogP contribution is -2.30. The predicted octanol–water partition coefficient (Wildman–Crippen LogP) is 18.9. The van der Waals surface area contributed by atoms with Gasteiger partial charge in [0.1, 0.15) is 6.61 Å². The molecule has 1 unspecified atom stereocenters. The minimum absolute atomic E-state index is 0.0745. The Bertz CT molecular complexity index is 1100. The minimum Gasteiger partial charge on any atom is -0.462 e. The van der Waals surface area contributed by atoms with Crippen molar-refractivity contribution in [1.29, 1.82) is 0 Å². The van der Waals surface area contributed by atoms with Gasteiger partial charge in [0.2, 0.25) is 0 Å². The molecule has 0 rings (SSSR count). The van der Waals surface area contributed by atoms with Crippen LogP contribution in [0.25, 0.3) is 0 Å². The summed E-state index contributed by atoms with van der Waals surface area (Å²) >= 11 is 0. The van der Waals surface area contributed by atoms with Gasteiger partial charge in [0.15, 0.2) is 6.10 Å². The average Bonchev–Trinajstić information content (AvgIpc) is 3.30. The summed E-state index contributed by atoms with van der Waals surface area (Å²) in [6.45, 7) is 7.73. The van der Waals surface area contributed by atoms with Gasteiger partial charge in [-0.05, 0) is 103 Å². The first-order chi connectivity index (χ1) is 31.6. The highest BCUT2D eigenvalue weighted by Crippen LogP contribution is 2.15. The molecule has 0 bridgehead atoms. The minimum atomic E-state index is -0.550. The second-order valence-corrected chi connectivity index (χ2v) is 18.5. The van der Waals surface area contributed by atoms with E-state index in [1.807, 2.05) is 0 Å². The molecule has 0 saturated heterocycles. The van der Waals surface area contributed by atoms with E-state index in [-0.39, 0.29) is 25.2 Å². The molecule has 0 saturated carbocycles. The van der Waals surface area contributed by atoms with Crippen molar-refractivity contribution in [2.24, 2.45) is 0 Å². The fourth-order valence-corrected chi connectivity index (χ4v) is 7.81. The van der Waals surface area contributed by atoms with Crippen molar-refractivity contribution in [3.05, 3.63) is 60.8 Å². The monoisotopic (exact) mass is 895 g/mol. The van der Waals surface area contributed by atoms with Crippen LogP contribution in [-0.2, 0) is 23.8 Å². The van der Waals surface area contributed by atoms with Crippen LogP contribution in [0.2, 0.25) is 0 Å². The van der Waals surface area contributed by atoms with E-state index in [4.69, 9.17) is 14.2 Å². The zero-order valence-corrected chi connectivity index (χ0v) is 42.8. The predicted molar refractivity (Wildman–Crippen MR) is 279 cm³/mol. The summed E-state index contributed by atoms with van der Waals surface area (Å²) in [5, 5.41) is 0. The number of rotatable bonds is 51. The molecule has 0 aromatic heterocycles. The highest BCUT2D eigenvalue weighted by Gasteiger charge is 2.17. The molecule has 372 valence electrons. The molecule has 0 aliphatic rings. The van der Waals surface area contributed by atoms with Gasteiger partial charge in [-0.3, -0.25) is 9.59 Å². The van der Waals surface area contributed by atoms with Crippen molar-refractivity contribution in [2.45, 2.75) is 284 Å². The molecule has 0 radical (unpaired) electrons. The summed E-state index contributed by atoms with van der Waals surface area (Å²) in [7, 11) is 0. The van der Waals surface area contributed by atoms with Crippen LogP contribution in [0.5, 0.6) is 0 Å². The molecule has 0 N–H and O–H groups in total. The molecule has 64 heavy (non-hydrogen) atoms. The maximum atomic E-state index is 12.8. The molecule has 0 heterocycles. The number of carbonyl (C=O) groups excluding carboxylic acids is 2. The number of ether oxygens (including phenoxy) is 3. The maximum absolute atomic E-state index is 12.8. The first-order valence-corrected chi connectivity index (χ1v) is 27.8. The Hall–Kier alpha value is -2.40. The standard InChI is InChI=1S/C59H106O5/c1-4-7-10-13-16-19-22-25-27-29-30-31-32-35-37-40-43-46-49-52-58(60)63-56-57(64-59(61)53-50-47-44-41-38-34-24-21-18-15-12-9-6-3)55-62-54-51-48-45-42-39-36-33-28-26-23-20-17-14-11-8-5-2/h12,15,17,20-21,24-28,57H,4-11,13-14,16,18-19,22-23,29-56H2,1-3H3/b15-12-,20-17-,24-21-,27-25-,28-26-. The van der Waals surface area contributed by atoms with E-state index in [1.54, 1.807) is 0 Å². The quantitative estimate of drug-likeness (QED) is 0.0346. The molecular weight excluding hydrogens is 789 g/mol. The van der Waals surface area contributed by atoms with E-state index in [0.717, 1.165) is 64.2 Å². The Morgan fingerprint density at radius 2 is 0.688 bits per heavy atom. The van der Waals surface area contributed by atoms with Crippen molar-refractivity contribution < 1.29 is 23.8 Å². The molecule has 5 heteroatoms. The number of allylic oxidation sites excluding steroid dienone is 10. The molecule has 0 aromatic rings. The van der Waals surface area contributed by atoms with Gasteiger partial charge in [-0.15, -0.1) is 0 Å². The molecular formula is C59H106O5. The highest BCUT2D eigenvalue weighted by molar-refractivity contribution is 5.70. The first kappa shape index (κ1) is 61.6. The Labute approximate surface area is 398 Å². The van der Waals surface area contributed by atoms with Crippen molar-refractivity contribution in [3.8, 4) is 0 Å². The highest BCUT2D eigenvalue weighted by atomic mass is 16.6. The summed E-state index contributed by atoms with van der Waals surface area (Å²) in [6.07, 6.45) is 69.5. The van der Waals surface area contributed by atoms with Gasteiger partial charge in [-0.2, -0.15) is 0 Å². The van der Waals surface area contributed by atoms with Crippen LogP contribution >= 0.6 is 0 Å². The SMILES string of the molecule is CCC/C=C\C/C=C\CCCCCCCC(=O)OC(COCCCCCCCC/C=C\C/C=C\CCCCC)COC(=O)CCCCCCCCCCC/C=C\CCCCCCCC. The van der Waals surface area contributed by atoms with Crippen molar-refractivity contribution in [3.63, 3.8) is 0 Å². The topological polar surface area (TPSA) is 61.8 Å². The Kier molecular flexibility index (Phi) is 52.9. The third-order valence-corrected chi connectivity index (χ3v) is 12.0. The molecule has 0 aromatic carbocycles. The number of hydrogen-bond acceptors (Lipinski definition) is 5. The zero-order valence-electron chi connectivity index (χ0n) is 42.8.